The first-order valence-corrected chi connectivity index (χ1v) is 10.7. The molecule has 4 rings (SSSR count). The van der Waals surface area contributed by atoms with Crippen LogP contribution in [0.2, 0.25) is 0 Å². The number of rotatable bonds is 4. The number of thiophene rings is 1. The Kier molecular flexibility index (Phi) is 5.23. The molecule has 158 valence electrons. The van der Waals surface area contributed by atoms with Gasteiger partial charge >= 0.3 is 6.18 Å². The standard InChI is InChI=1S/C20H24F3N3O2S/c1-13-16(24-28-17(13)20(21,22)23)14-6-7-15(29-14)18(27)26-11-5-8-19(26,2)12-25-9-3-4-10-25/h6-7H,3-5,8-12H2,1-2H3. The highest BCUT2D eigenvalue weighted by Crippen LogP contribution is 2.39. The van der Waals surface area contributed by atoms with E-state index < -0.39 is 11.9 Å². The molecule has 0 N–H and O–H groups in total. The first-order chi connectivity index (χ1) is 13.7. The van der Waals surface area contributed by atoms with Crippen LogP contribution in [0.5, 0.6) is 0 Å². The molecule has 2 saturated heterocycles. The molecule has 2 aromatic rings. The molecule has 2 aliphatic rings. The van der Waals surface area contributed by atoms with Gasteiger partial charge in [0.05, 0.1) is 15.3 Å². The van der Waals surface area contributed by atoms with E-state index in [0.29, 0.717) is 16.3 Å². The zero-order valence-electron chi connectivity index (χ0n) is 16.5. The fourth-order valence-corrected chi connectivity index (χ4v) is 5.49. The summed E-state index contributed by atoms with van der Waals surface area (Å²) >= 11 is 1.17. The topological polar surface area (TPSA) is 49.6 Å². The molecule has 0 aliphatic carbocycles. The van der Waals surface area contributed by atoms with Crippen molar-refractivity contribution in [2.45, 2.75) is 51.2 Å². The van der Waals surface area contributed by atoms with Crippen LogP contribution < -0.4 is 0 Å². The Labute approximate surface area is 171 Å². The molecule has 2 fully saturated rings. The molecule has 1 amide bonds. The van der Waals surface area contributed by atoms with Crippen molar-refractivity contribution in [3.63, 3.8) is 0 Å². The summed E-state index contributed by atoms with van der Waals surface area (Å²) in [6.07, 6.45) is -0.251. The van der Waals surface area contributed by atoms with Crippen molar-refractivity contribution in [2.75, 3.05) is 26.2 Å². The predicted octanol–water partition coefficient (Wildman–Crippen LogP) is 4.82. The minimum atomic E-state index is -4.59. The number of alkyl halides is 3. The Morgan fingerprint density at radius 2 is 1.97 bits per heavy atom. The number of halogens is 3. The predicted molar refractivity (Wildman–Crippen MR) is 104 cm³/mol. The van der Waals surface area contributed by atoms with Crippen LogP contribution >= 0.6 is 11.3 Å². The molecule has 0 bridgehead atoms. The second-order valence-electron chi connectivity index (χ2n) is 8.19. The number of aromatic nitrogens is 1. The minimum absolute atomic E-state index is 0.0570. The Hall–Kier alpha value is -1.87. The normalized spacial score (nSPS) is 23.3. The number of hydrogen-bond acceptors (Lipinski definition) is 5. The van der Waals surface area contributed by atoms with Crippen molar-refractivity contribution in [2.24, 2.45) is 0 Å². The van der Waals surface area contributed by atoms with Crippen LogP contribution in [0, 0.1) is 6.92 Å². The van der Waals surface area contributed by atoms with Crippen LogP contribution in [-0.4, -0.2) is 52.6 Å². The van der Waals surface area contributed by atoms with E-state index >= 15 is 0 Å². The molecule has 1 unspecified atom stereocenters. The van der Waals surface area contributed by atoms with Gasteiger partial charge in [0, 0.05) is 18.7 Å². The molecule has 0 radical (unpaired) electrons. The minimum Gasteiger partial charge on any atom is -0.351 e. The summed E-state index contributed by atoms with van der Waals surface area (Å²) in [5.41, 5.74) is -0.125. The summed E-state index contributed by atoms with van der Waals surface area (Å²) in [5, 5.41) is 3.60. The van der Waals surface area contributed by atoms with E-state index in [9.17, 15) is 18.0 Å². The van der Waals surface area contributed by atoms with E-state index in [2.05, 4.69) is 21.5 Å². The SMILES string of the molecule is Cc1c(-c2ccc(C(=O)N3CCCC3(C)CN3CCCC3)s2)noc1C(F)(F)F. The van der Waals surface area contributed by atoms with Gasteiger partial charge in [0.15, 0.2) is 0 Å². The van der Waals surface area contributed by atoms with Gasteiger partial charge in [-0.25, -0.2) is 0 Å². The van der Waals surface area contributed by atoms with Gasteiger partial charge in [0.2, 0.25) is 5.76 Å². The number of likely N-dealkylation sites (tertiary alicyclic amines) is 2. The van der Waals surface area contributed by atoms with Gasteiger partial charge in [-0.1, -0.05) is 5.16 Å². The van der Waals surface area contributed by atoms with Gasteiger partial charge in [-0.15, -0.1) is 11.3 Å². The zero-order chi connectivity index (χ0) is 20.8. The van der Waals surface area contributed by atoms with Gasteiger partial charge in [0.25, 0.3) is 5.91 Å². The van der Waals surface area contributed by atoms with Crippen molar-refractivity contribution in [1.82, 2.24) is 15.0 Å². The molecule has 29 heavy (non-hydrogen) atoms. The van der Waals surface area contributed by atoms with Crippen LogP contribution in [0.3, 0.4) is 0 Å². The smallest absolute Gasteiger partial charge is 0.351 e. The highest BCUT2D eigenvalue weighted by Gasteiger charge is 2.42. The summed E-state index contributed by atoms with van der Waals surface area (Å²) in [6, 6.07) is 3.33. The van der Waals surface area contributed by atoms with Crippen LogP contribution in [-0.2, 0) is 6.18 Å². The van der Waals surface area contributed by atoms with E-state index in [1.165, 1.54) is 31.1 Å². The van der Waals surface area contributed by atoms with Gasteiger partial charge < -0.3 is 14.3 Å². The van der Waals surface area contributed by atoms with Crippen molar-refractivity contribution in [1.29, 1.82) is 0 Å². The van der Waals surface area contributed by atoms with Crippen LogP contribution in [0.4, 0.5) is 13.2 Å². The summed E-state index contributed by atoms with van der Waals surface area (Å²) in [5.74, 6) is -1.15. The molecular weight excluding hydrogens is 403 g/mol. The molecular formula is C20H24F3N3O2S. The zero-order valence-corrected chi connectivity index (χ0v) is 17.3. The Balaban J connectivity index is 1.55. The number of carbonyl (C=O) groups excluding carboxylic acids is 1. The van der Waals surface area contributed by atoms with E-state index in [1.54, 1.807) is 12.1 Å². The second-order valence-corrected chi connectivity index (χ2v) is 9.27. The largest absolute Gasteiger partial charge is 0.452 e. The quantitative estimate of drug-likeness (QED) is 0.702. The van der Waals surface area contributed by atoms with Crippen molar-refractivity contribution < 1.29 is 22.5 Å². The van der Waals surface area contributed by atoms with Gasteiger partial charge in [-0.2, -0.15) is 13.2 Å². The number of hydrogen-bond donors (Lipinski definition) is 0. The first kappa shape index (κ1) is 20.4. The number of nitrogens with zero attached hydrogens (tertiary/aromatic N) is 3. The lowest BCUT2D eigenvalue weighted by Gasteiger charge is -2.38. The molecule has 1 atom stereocenters. The monoisotopic (exact) mass is 427 g/mol. The summed E-state index contributed by atoms with van der Waals surface area (Å²) in [7, 11) is 0. The Morgan fingerprint density at radius 1 is 1.24 bits per heavy atom. The van der Waals surface area contributed by atoms with Gasteiger partial charge in [-0.3, -0.25) is 4.79 Å². The maximum atomic E-state index is 13.2. The maximum absolute atomic E-state index is 13.2. The van der Waals surface area contributed by atoms with Gasteiger partial charge in [-0.05, 0) is 64.8 Å². The van der Waals surface area contributed by atoms with E-state index in [1.807, 2.05) is 4.90 Å². The number of carbonyl (C=O) groups is 1. The summed E-state index contributed by atoms with van der Waals surface area (Å²) in [6.45, 7) is 7.21. The maximum Gasteiger partial charge on any atom is 0.452 e. The third kappa shape index (κ3) is 3.82. The van der Waals surface area contributed by atoms with Crippen molar-refractivity contribution >= 4 is 17.2 Å². The van der Waals surface area contributed by atoms with Crippen molar-refractivity contribution in [3.8, 4) is 10.6 Å². The average Bonchev–Trinajstić information content (AvgIpc) is 3.40. The van der Waals surface area contributed by atoms with E-state index in [0.717, 1.165) is 32.5 Å². The summed E-state index contributed by atoms with van der Waals surface area (Å²) in [4.78, 5) is 18.6. The van der Waals surface area contributed by atoms with E-state index in [4.69, 9.17) is 0 Å². The lowest BCUT2D eigenvalue weighted by atomic mass is 9.98. The molecule has 4 heterocycles. The third-order valence-electron chi connectivity index (χ3n) is 5.99. The molecule has 2 aromatic heterocycles. The second kappa shape index (κ2) is 7.43. The molecule has 2 aliphatic heterocycles. The molecule has 9 heteroatoms. The fraction of sp³-hybridized carbons (Fsp3) is 0.600. The highest BCUT2D eigenvalue weighted by molar-refractivity contribution is 7.17. The van der Waals surface area contributed by atoms with E-state index in [-0.39, 0.29) is 22.7 Å². The van der Waals surface area contributed by atoms with Gasteiger partial charge in [0.1, 0.15) is 5.69 Å². The first-order valence-electron chi connectivity index (χ1n) is 9.87. The van der Waals surface area contributed by atoms with Crippen LogP contribution in [0.1, 0.15) is 53.6 Å². The fourth-order valence-electron chi connectivity index (χ4n) is 4.50. The Bertz CT molecular complexity index is 901. The molecule has 0 spiro atoms. The number of amides is 1. The summed E-state index contributed by atoms with van der Waals surface area (Å²) < 4.78 is 43.4. The lowest BCUT2D eigenvalue weighted by Crippen LogP contribution is -2.51. The lowest BCUT2D eigenvalue weighted by molar-refractivity contribution is -0.156. The average molecular weight is 427 g/mol. The molecule has 0 aromatic carbocycles. The molecule has 0 saturated carbocycles. The molecule has 5 nitrogen and oxygen atoms in total. The highest BCUT2D eigenvalue weighted by atomic mass is 32.1. The van der Waals surface area contributed by atoms with Crippen molar-refractivity contribution in [3.05, 3.63) is 28.3 Å². The Morgan fingerprint density at radius 3 is 2.62 bits per heavy atom. The third-order valence-corrected chi connectivity index (χ3v) is 7.07. The van der Waals surface area contributed by atoms with Crippen LogP contribution in [0.25, 0.3) is 10.6 Å². The van der Waals surface area contributed by atoms with Crippen LogP contribution in [0.15, 0.2) is 16.7 Å².